The summed E-state index contributed by atoms with van der Waals surface area (Å²) in [5, 5.41) is 0. The third-order valence-corrected chi connectivity index (χ3v) is 5.94. The minimum atomic E-state index is -3.52. The van der Waals surface area contributed by atoms with Gasteiger partial charge in [0.1, 0.15) is 19.0 Å². The highest BCUT2D eigenvalue weighted by molar-refractivity contribution is 7.92. The highest BCUT2D eigenvalue weighted by Gasteiger charge is 2.30. The van der Waals surface area contributed by atoms with E-state index >= 15 is 0 Å². The number of amides is 2. The molecule has 1 aliphatic heterocycles. The highest BCUT2D eigenvalue weighted by atomic mass is 32.2. The van der Waals surface area contributed by atoms with E-state index in [9.17, 15) is 18.0 Å². The van der Waals surface area contributed by atoms with Crippen molar-refractivity contribution in [1.29, 1.82) is 0 Å². The van der Waals surface area contributed by atoms with Crippen molar-refractivity contribution in [3.63, 3.8) is 0 Å². The summed E-state index contributed by atoms with van der Waals surface area (Å²) in [4.78, 5) is 29.1. The Hall–Kier alpha value is -2.37. The number of hydrogen-bond acceptors (Lipinski definition) is 7. The average molecular weight is 472 g/mol. The fourth-order valence-electron chi connectivity index (χ4n) is 3.61. The van der Waals surface area contributed by atoms with Gasteiger partial charge in [-0.15, -0.1) is 0 Å². The molecular weight excluding hydrogens is 438 g/mol. The maximum Gasteiger partial charge on any atom is 0.257 e. The number of rotatable bonds is 5. The molecule has 0 spiro atoms. The SMILES string of the molecule is COCC(=O)N1C[C@@H](C)[C@H](OC)CN(C)C(=O)c2cc(NS(C)(=O)=O)ccc2OC[C@@H]1C. The first kappa shape index (κ1) is 25.9. The minimum absolute atomic E-state index is 0.0514. The second kappa shape index (κ2) is 11.0. The van der Waals surface area contributed by atoms with Crippen LogP contribution in [0.3, 0.4) is 0 Å². The lowest BCUT2D eigenvalue weighted by atomic mass is 10.0. The second-order valence-electron chi connectivity index (χ2n) is 8.16. The van der Waals surface area contributed by atoms with Gasteiger partial charge in [-0.25, -0.2) is 8.42 Å². The molecule has 0 saturated heterocycles. The molecule has 2 amide bonds. The van der Waals surface area contributed by atoms with Gasteiger partial charge in [0.05, 0.1) is 24.0 Å². The largest absolute Gasteiger partial charge is 0.491 e. The van der Waals surface area contributed by atoms with E-state index < -0.39 is 10.0 Å². The molecular formula is C21H33N3O7S. The van der Waals surface area contributed by atoms with Crippen LogP contribution in [0.15, 0.2) is 18.2 Å². The summed E-state index contributed by atoms with van der Waals surface area (Å²) in [6.45, 7) is 4.60. The zero-order chi connectivity index (χ0) is 24.1. The first-order valence-corrected chi connectivity index (χ1v) is 12.2. The number of carbonyl (C=O) groups is 2. The standard InChI is InChI=1S/C21H33N3O7S/c1-14-10-24(20(25)13-29-4)15(2)12-31-18-8-7-16(22-32(6,27)28)9-17(18)21(26)23(3)11-19(14)30-5/h7-9,14-15,19,22H,10-13H2,1-6H3/t14-,15+,19-/m1/s1. The normalized spacial score (nSPS) is 22.9. The lowest BCUT2D eigenvalue weighted by molar-refractivity contribution is -0.139. The molecule has 180 valence electrons. The van der Waals surface area contributed by atoms with E-state index in [-0.39, 0.29) is 60.9 Å². The van der Waals surface area contributed by atoms with Crippen molar-refractivity contribution >= 4 is 27.5 Å². The molecule has 0 aliphatic carbocycles. The Morgan fingerprint density at radius 1 is 1.25 bits per heavy atom. The van der Waals surface area contributed by atoms with Crippen LogP contribution in [0.25, 0.3) is 0 Å². The zero-order valence-corrected chi connectivity index (χ0v) is 20.3. The van der Waals surface area contributed by atoms with E-state index in [1.807, 2.05) is 13.8 Å². The molecule has 0 aromatic heterocycles. The molecule has 0 saturated carbocycles. The summed E-state index contributed by atoms with van der Waals surface area (Å²) in [6, 6.07) is 4.22. The monoisotopic (exact) mass is 471 g/mol. The van der Waals surface area contributed by atoms with Crippen LogP contribution < -0.4 is 9.46 Å². The number of hydrogen-bond donors (Lipinski definition) is 1. The van der Waals surface area contributed by atoms with Crippen LogP contribution in [0.4, 0.5) is 5.69 Å². The number of nitrogens with one attached hydrogen (secondary N) is 1. The molecule has 3 atom stereocenters. The molecule has 0 fully saturated rings. The van der Waals surface area contributed by atoms with Gasteiger partial charge in [0, 0.05) is 46.0 Å². The Morgan fingerprint density at radius 3 is 2.53 bits per heavy atom. The molecule has 1 aromatic rings. The van der Waals surface area contributed by atoms with E-state index in [0.717, 1.165) is 6.26 Å². The van der Waals surface area contributed by atoms with Crippen molar-refractivity contribution in [3.05, 3.63) is 23.8 Å². The topological polar surface area (TPSA) is 114 Å². The molecule has 1 aromatic carbocycles. The van der Waals surface area contributed by atoms with Crippen LogP contribution in [-0.2, 0) is 24.3 Å². The van der Waals surface area contributed by atoms with Gasteiger partial charge in [-0.3, -0.25) is 14.3 Å². The molecule has 2 rings (SSSR count). The van der Waals surface area contributed by atoms with E-state index in [1.54, 1.807) is 25.1 Å². The quantitative estimate of drug-likeness (QED) is 0.682. The van der Waals surface area contributed by atoms with Crippen LogP contribution in [0, 0.1) is 5.92 Å². The Balaban J connectivity index is 2.47. The van der Waals surface area contributed by atoms with Crippen LogP contribution in [0.2, 0.25) is 0 Å². The van der Waals surface area contributed by atoms with Crippen LogP contribution >= 0.6 is 0 Å². The number of sulfonamides is 1. The van der Waals surface area contributed by atoms with Gasteiger partial charge in [0.15, 0.2) is 0 Å². The third kappa shape index (κ3) is 6.81. The van der Waals surface area contributed by atoms with Crippen molar-refractivity contribution in [1.82, 2.24) is 9.80 Å². The number of benzene rings is 1. The smallest absolute Gasteiger partial charge is 0.257 e. The van der Waals surface area contributed by atoms with Gasteiger partial charge in [0.2, 0.25) is 15.9 Å². The molecule has 1 N–H and O–H groups in total. The van der Waals surface area contributed by atoms with Gasteiger partial charge in [-0.05, 0) is 25.1 Å². The van der Waals surface area contributed by atoms with E-state index in [1.165, 1.54) is 24.1 Å². The zero-order valence-electron chi connectivity index (χ0n) is 19.5. The molecule has 0 bridgehead atoms. The summed E-state index contributed by atoms with van der Waals surface area (Å²) in [6.07, 6.45) is 0.713. The van der Waals surface area contributed by atoms with Crippen LogP contribution in [-0.4, -0.2) is 96.0 Å². The van der Waals surface area contributed by atoms with Gasteiger partial charge in [-0.2, -0.15) is 0 Å². The van der Waals surface area contributed by atoms with Crippen molar-refractivity contribution < 1.29 is 32.2 Å². The number of ether oxygens (including phenoxy) is 3. The first-order chi connectivity index (χ1) is 15.0. The van der Waals surface area contributed by atoms with E-state index in [0.29, 0.717) is 12.3 Å². The summed E-state index contributed by atoms with van der Waals surface area (Å²) >= 11 is 0. The fourth-order valence-corrected chi connectivity index (χ4v) is 4.16. The summed E-state index contributed by atoms with van der Waals surface area (Å²) in [7, 11) is 1.16. The molecule has 32 heavy (non-hydrogen) atoms. The van der Waals surface area contributed by atoms with E-state index in [2.05, 4.69) is 4.72 Å². The third-order valence-electron chi connectivity index (χ3n) is 5.34. The van der Waals surface area contributed by atoms with Crippen LogP contribution in [0.1, 0.15) is 24.2 Å². The summed E-state index contributed by atoms with van der Waals surface area (Å²) in [5.74, 6) is -0.267. The predicted octanol–water partition coefficient (Wildman–Crippen LogP) is 1.04. The Labute approximate surface area is 189 Å². The Morgan fingerprint density at radius 2 is 1.94 bits per heavy atom. The molecule has 10 nitrogen and oxygen atoms in total. The number of nitrogens with zero attached hydrogens (tertiary/aromatic N) is 2. The van der Waals surface area contributed by atoms with Crippen molar-refractivity contribution in [2.75, 3.05) is 58.5 Å². The molecule has 0 radical (unpaired) electrons. The average Bonchev–Trinajstić information content (AvgIpc) is 2.71. The minimum Gasteiger partial charge on any atom is -0.491 e. The maximum atomic E-state index is 13.2. The van der Waals surface area contributed by atoms with Gasteiger partial charge in [-0.1, -0.05) is 6.92 Å². The van der Waals surface area contributed by atoms with Crippen molar-refractivity contribution in [3.8, 4) is 5.75 Å². The lowest BCUT2D eigenvalue weighted by Crippen LogP contribution is -2.49. The van der Waals surface area contributed by atoms with Crippen molar-refractivity contribution in [2.24, 2.45) is 5.92 Å². The first-order valence-electron chi connectivity index (χ1n) is 10.3. The Kier molecular flexibility index (Phi) is 8.88. The second-order valence-corrected chi connectivity index (χ2v) is 9.91. The predicted molar refractivity (Wildman–Crippen MR) is 120 cm³/mol. The Bertz CT molecular complexity index is 922. The highest BCUT2D eigenvalue weighted by Crippen LogP contribution is 2.26. The van der Waals surface area contributed by atoms with Crippen molar-refractivity contribution in [2.45, 2.75) is 26.0 Å². The molecule has 1 aliphatic rings. The summed E-state index contributed by atoms with van der Waals surface area (Å²) in [5.41, 5.74) is 0.469. The number of fused-ring (bicyclic) bond motifs is 1. The van der Waals surface area contributed by atoms with Gasteiger partial charge >= 0.3 is 0 Å². The maximum absolute atomic E-state index is 13.2. The lowest BCUT2D eigenvalue weighted by Gasteiger charge is -2.36. The fraction of sp³-hybridized carbons (Fsp3) is 0.619. The van der Waals surface area contributed by atoms with E-state index in [4.69, 9.17) is 14.2 Å². The molecule has 0 unspecified atom stereocenters. The number of methoxy groups -OCH3 is 2. The number of anilines is 1. The molecule has 11 heteroatoms. The number of carbonyl (C=O) groups excluding carboxylic acids is 2. The summed E-state index contributed by atoms with van der Waals surface area (Å²) < 4.78 is 42.3. The van der Waals surface area contributed by atoms with Gasteiger partial charge < -0.3 is 24.0 Å². The van der Waals surface area contributed by atoms with Gasteiger partial charge in [0.25, 0.3) is 5.91 Å². The molecule has 1 heterocycles. The number of likely N-dealkylation sites (N-methyl/N-ethyl adjacent to an activating group) is 1. The van der Waals surface area contributed by atoms with Crippen LogP contribution in [0.5, 0.6) is 5.75 Å².